The Labute approximate surface area is 174 Å². The number of carbonyl (C=O) groups excluding carboxylic acids is 1. The minimum absolute atomic E-state index is 0.0652. The van der Waals surface area contributed by atoms with Gasteiger partial charge in [-0.1, -0.05) is 0 Å². The van der Waals surface area contributed by atoms with Crippen LogP contribution in [0.25, 0.3) is 5.52 Å². The number of nitrogens with zero attached hydrogens (tertiary/aromatic N) is 4. The Hall–Kier alpha value is -3.14. The number of ether oxygens (including phenoxy) is 2. The number of hydrogen-bond acceptors (Lipinski definition) is 7. The Kier molecular flexibility index (Phi) is 5.84. The van der Waals surface area contributed by atoms with Crippen molar-refractivity contribution in [3.8, 4) is 0 Å². The zero-order chi connectivity index (χ0) is 21.1. The molecule has 0 bridgehead atoms. The van der Waals surface area contributed by atoms with E-state index in [2.05, 4.69) is 30.9 Å². The summed E-state index contributed by atoms with van der Waals surface area (Å²) in [5.41, 5.74) is 2.70. The first-order chi connectivity index (χ1) is 14.5. The van der Waals surface area contributed by atoms with Crippen LogP contribution < -0.4 is 10.6 Å². The average Bonchev–Trinajstić information content (AvgIpc) is 3.41. The molecule has 10 nitrogen and oxygen atoms in total. The van der Waals surface area contributed by atoms with Gasteiger partial charge in [0.2, 0.25) is 0 Å². The topological polar surface area (TPSA) is 118 Å². The van der Waals surface area contributed by atoms with Crippen LogP contribution in [0.3, 0.4) is 0 Å². The molecule has 30 heavy (non-hydrogen) atoms. The zero-order valence-corrected chi connectivity index (χ0v) is 17.4. The highest BCUT2D eigenvalue weighted by molar-refractivity contribution is 5.72. The molecule has 0 aromatic carbocycles. The van der Waals surface area contributed by atoms with Gasteiger partial charge in [0.1, 0.15) is 11.6 Å². The molecule has 1 fully saturated rings. The highest BCUT2D eigenvalue weighted by Gasteiger charge is 2.30. The fraction of sp³-hybridized carbons (Fsp3) is 0.500. The van der Waals surface area contributed by atoms with Crippen molar-refractivity contribution >= 4 is 23.2 Å². The van der Waals surface area contributed by atoms with Gasteiger partial charge in [0.25, 0.3) is 0 Å². The van der Waals surface area contributed by atoms with Gasteiger partial charge < -0.3 is 20.1 Å². The van der Waals surface area contributed by atoms with Crippen LogP contribution in [-0.4, -0.2) is 50.1 Å². The van der Waals surface area contributed by atoms with Crippen LogP contribution in [0, 0.1) is 0 Å². The van der Waals surface area contributed by atoms with Crippen molar-refractivity contribution in [1.82, 2.24) is 30.1 Å². The van der Waals surface area contributed by atoms with Crippen molar-refractivity contribution in [1.29, 1.82) is 0 Å². The SMILES string of the molecule is COCc1cc2c(Nc3cc(C4CCC(OC(=O)NC(C)C)C4)[nH]n3)nccn2n1. The molecule has 0 spiro atoms. The highest BCUT2D eigenvalue weighted by Crippen LogP contribution is 2.36. The molecule has 3 N–H and O–H groups in total. The fourth-order valence-electron chi connectivity index (χ4n) is 3.77. The lowest BCUT2D eigenvalue weighted by Gasteiger charge is -2.14. The highest BCUT2D eigenvalue weighted by atomic mass is 16.6. The molecule has 4 rings (SSSR count). The maximum absolute atomic E-state index is 11.8. The molecule has 1 amide bonds. The third-order valence-corrected chi connectivity index (χ3v) is 5.08. The summed E-state index contributed by atoms with van der Waals surface area (Å²) in [5, 5.41) is 18.0. The number of nitrogens with one attached hydrogen (secondary N) is 3. The quantitative estimate of drug-likeness (QED) is 0.544. The molecule has 1 aliphatic carbocycles. The van der Waals surface area contributed by atoms with Crippen molar-refractivity contribution in [2.75, 3.05) is 12.4 Å². The fourth-order valence-corrected chi connectivity index (χ4v) is 3.77. The van der Waals surface area contributed by atoms with Crippen molar-refractivity contribution < 1.29 is 14.3 Å². The molecule has 0 aliphatic heterocycles. The first kappa shape index (κ1) is 20.1. The number of aromatic amines is 1. The molecular formula is C20H27N7O3. The molecule has 2 atom stereocenters. The van der Waals surface area contributed by atoms with E-state index in [1.165, 1.54) is 0 Å². The predicted molar refractivity (Wildman–Crippen MR) is 111 cm³/mol. The van der Waals surface area contributed by atoms with Gasteiger partial charge in [-0.05, 0) is 39.2 Å². The summed E-state index contributed by atoms with van der Waals surface area (Å²) in [4.78, 5) is 16.2. The van der Waals surface area contributed by atoms with Crippen LogP contribution in [0.2, 0.25) is 0 Å². The second-order valence-electron chi connectivity index (χ2n) is 7.84. The molecule has 10 heteroatoms. The monoisotopic (exact) mass is 413 g/mol. The first-order valence-corrected chi connectivity index (χ1v) is 10.1. The Morgan fingerprint density at radius 2 is 2.23 bits per heavy atom. The summed E-state index contributed by atoms with van der Waals surface area (Å²) in [7, 11) is 1.64. The lowest BCUT2D eigenvalue weighted by molar-refractivity contribution is 0.0981. The molecule has 0 radical (unpaired) electrons. The Morgan fingerprint density at radius 3 is 3.03 bits per heavy atom. The standard InChI is InChI=1S/C20H27N7O3/c1-12(2)22-20(28)30-15-5-4-13(8-15)16-10-18(25-24-16)23-19-17-9-14(11-29-3)26-27(17)7-6-21-19/h6-7,9-10,12-13,15H,4-5,8,11H2,1-3H3,(H,22,28)(H2,21,23,24,25). The van der Waals surface area contributed by atoms with Crippen LogP contribution in [-0.2, 0) is 16.1 Å². The largest absolute Gasteiger partial charge is 0.446 e. The van der Waals surface area contributed by atoms with Gasteiger partial charge in [-0.3, -0.25) is 5.10 Å². The molecule has 3 aromatic rings. The number of hydrogen-bond donors (Lipinski definition) is 3. The number of rotatable bonds is 7. The first-order valence-electron chi connectivity index (χ1n) is 10.1. The van der Waals surface area contributed by atoms with E-state index < -0.39 is 0 Å². The van der Waals surface area contributed by atoms with Crippen molar-refractivity contribution in [3.05, 3.63) is 35.9 Å². The van der Waals surface area contributed by atoms with Crippen molar-refractivity contribution in [2.24, 2.45) is 0 Å². The zero-order valence-electron chi connectivity index (χ0n) is 17.4. The maximum Gasteiger partial charge on any atom is 0.407 e. The summed E-state index contributed by atoms with van der Waals surface area (Å²) >= 11 is 0. The van der Waals surface area contributed by atoms with Gasteiger partial charge in [-0.2, -0.15) is 10.2 Å². The Balaban J connectivity index is 1.40. The number of carbonyl (C=O) groups is 1. The molecule has 2 unspecified atom stereocenters. The van der Waals surface area contributed by atoms with Crippen LogP contribution >= 0.6 is 0 Å². The van der Waals surface area contributed by atoms with E-state index in [0.717, 1.165) is 36.2 Å². The second kappa shape index (κ2) is 8.70. The van der Waals surface area contributed by atoms with E-state index in [0.29, 0.717) is 18.2 Å². The number of amides is 1. The molecule has 0 saturated heterocycles. The summed E-state index contributed by atoms with van der Waals surface area (Å²) in [5.74, 6) is 1.63. The van der Waals surface area contributed by atoms with E-state index in [-0.39, 0.29) is 24.2 Å². The van der Waals surface area contributed by atoms with E-state index in [1.54, 1.807) is 24.0 Å². The smallest absolute Gasteiger partial charge is 0.407 e. The maximum atomic E-state index is 11.8. The van der Waals surface area contributed by atoms with E-state index in [4.69, 9.17) is 9.47 Å². The molecule has 160 valence electrons. The lowest BCUT2D eigenvalue weighted by Crippen LogP contribution is -2.33. The number of alkyl carbamates (subject to hydrolysis) is 1. The van der Waals surface area contributed by atoms with Crippen molar-refractivity contribution in [3.63, 3.8) is 0 Å². The van der Waals surface area contributed by atoms with Gasteiger partial charge in [-0.25, -0.2) is 14.3 Å². The number of fused-ring (bicyclic) bond motifs is 1. The third-order valence-electron chi connectivity index (χ3n) is 5.08. The van der Waals surface area contributed by atoms with Gasteiger partial charge in [-0.15, -0.1) is 0 Å². The Morgan fingerprint density at radius 1 is 1.37 bits per heavy atom. The summed E-state index contributed by atoms with van der Waals surface area (Å²) in [6.07, 6.45) is 5.63. The second-order valence-corrected chi connectivity index (χ2v) is 7.84. The van der Waals surface area contributed by atoms with Crippen LogP contribution in [0.4, 0.5) is 16.4 Å². The molecule has 3 aromatic heterocycles. The van der Waals surface area contributed by atoms with E-state index in [9.17, 15) is 4.79 Å². The number of aromatic nitrogens is 5. The Bertz CT molecular complexity index is 1010. The average molecular weight is 413 g/mol. The third kappa shape index (κ3) is 4.54. The molecule has 3 heterocycles. The predicted octanol–water partition coefficient (Wildman–Crippen LogP) is 3.11. The minimum atomic E-state index is -0.351. The van der Waals surface area contributed by atoms with Gasteiger partial charge in [0.15, 0.2) is 11.6 Å². The molecule has 1 aliphatic rings. The summed E-state index contributed by atoms with van der Waals surface area (Å²) in [6.45, 7) is 4.26. The number of anilines is 2. The number of methoxy groups -OCH3 is 1. The summed E-state index contributed by atoms with van der Waals surface area (Å²) < 4.78 is 12.4. The minimum Gasteiger partial charge on any atom is -0.446 e. The van der Waals surface area contributed by atoms with Gasteiger partial charge in [0.05, 0.1) is 12.3 Å². The molecule has 1 saturated carbocycles. The molecular weight excluding hydrogens is 386 g/mol. The van der Waals surface area contributed by atoms with E-state index in [1.807, 2.05) is 26.0 Å². The van der Waals surface area contributed by atoms with Crippen LogP contribution in [0.5, 0.6) is 0 Å². The van der Waals surface area contributed by atoms with Gasteiger partial charge in [0, 0.05) is 43.2 Å². The van der Waals surface area contributed by atoms with Crippen molar-refractivity contribution in [2.45, 2.75) is 57.8 Å². The normalized spacial score (nSPS) is 18.8. The number of H-pyrrole nitrogens is 1. The van der Waals surface area contributed by atoms with E-state index >= 15 is 0 Å². The lowest BCUT2D eigenvalue weighted by atomic mass is 10.0. The van der Waals surface area contributed by atoms with Gasteiger partial charge >= 0.3 is 6.09 Å². The van der Waals surface area contributed by atoms with Crippen LogP contribution in [0.1, 0.15) is 50.4 Å². The summed E-state index contributed by atoms with van der Waals surface area (Å²) in [6, 6.07) is 3.99. The van der Waals surface area contributed by atoms with Crippen LogP contribution in [0.15, 0.2) is 24.5 Å².